The maximum atomic E-state index is 5.45. The largest absolute Gasteiger partial charge is 0.261 e. The van der Waals surface area contributed by atoms with Crippen molar-refractivity contribution in [3.63, 3.8) is 0 Å². The fourth-order valence-corrected chi connectivity index (χ4v) is 0.887. The quantitative estimate of drug-likeness (QED) is 0.528. The average molecular weight is 164 g/mol. The van der Waals surface area contributed by atoms with Crippen LogP contribution in [0.15, 0.2) is 5.16 Å². The van der Waals surface area contributed by atoms with Crippen LogP contribution in [0.4, 0.5) is 0 Å². The molecule has 0 aromatic carbocycles. The maximum absolute atomic E-state index is 5.45. The molecule has 50 valence electrons. The number of hydrogen-bond acceptors (Lipinski definition) is 3. The van der Waals surface area contributed by atoms with Gasteiger partial charge < -0.3 is 0 Å². The van der Waals surface area contributed by atoms with Crippen LogP contribution in [-0.2, 0) is 5.88 Å². The maximum Gasteiger partial charge on any atom is 0.208 e. The monoisotopic (exact) mass is 163 g/mol. The lowest BCUT2D eigenvalue weighted by molar-refractivity contribution is 0.970. The van der Waals surface area contributed by atoms with Crippen LogP contribution in [0.1, 0.15) is 5.82 Å². The Morgan fingerprint density at radius 3 is 2.89 bits per heavy atom. The molecule has 5 heteroatoms. The van der Waals surface area contributed by atoms with E-state index in [0.717, 1.165) is 11.0 Å². The SMILES string of the molecule is CSc1n[nH]c(CCl)n1. The molecule has 0 aliphatic carbocycles. The zero-order chi connectivity index (χ0) is 6.69. The van der Waals surface area contributed by atoms with Crippen molar-refractivity contribution in [2.45, 2.75) is 11.0 Å². The smallest absolute Gasteiger partial charge is 0.208 e. The second-order valence-corrected chi connectivity index (χ2v) is 2.44. The Morgan fingerprint density at radius 2 is 2.56 bits per heavy atom. The second kappa shape index (κ2) is 3.08. The van der Waals surface area contributed by atoms with Crippen LogP contribution < -0.4 is 0 Å². The first-order valence-corrected chi connectivity index (χ1v) is 4.14. The van der Waals surface area contributed by atoms with Crippen LogP contribution in [0, 0.1) is 0 Å². The lowest BCUT2D eigenvalue weighted by atomic mass is 10.7. The van der Waals surface area contributed by atoms with Crippen LogP contribution in [-0.4, -0.2) is 21.4 Å². The third-order valence-corrected chi connectivity index (χ3v) is 1.62. The minimum atomic E-state index is 0.396. The van der Waals surface area contributed by atoms with Crippen molar-refractivity contribution in [3.8, 4) is 0 Å². The molecule has 1 N–H and O–H groups in total. The molecule has 0 aliphatic rings. The molecule has 0 spiro atoms. The van der Waals surface area contributed by atoms with E-state index in [1.165, 1.54) is 11.8 Å². The van der Waals surface area contributed by atoms with Crippen molar-refractivity contribution in [1.29, 1.82) is 0 Å². The third kappa shape index (κ3) is 1.59. The molecule has 1 aromatic rings. The molecule has 1 rings (SSSR count). The molecule has 0 saturated heterocycles. The summed E-state index contributed by atoms with van der Waals surface area (Å²) in [5, 5.41) is 7.28. The summed E-state index contributed by atoms with van der Waals surface area (Å²) in [5.74, 6) is 1.12. The van der Waals surface area contributed by atoms with Gasteiger partial charge in [-0.05, 0) is 6.26 Å². The van der Waals surface area contributed by atoms with Crippen LogP contribution in [0.2, 0.25) is 0 Å². The fraction of sp³-hybridized carbons (Fsp3) is 0.500. The highest BCUT2D eigenvalue weighted by Gasteiger charge is 1.97. The van der Waals surface area contributed by atoms with Crippen molar-refractivity contribution >= 4 is 23.4 Å². The number of nitrogens with one attached hydrogen (secondary N) is 1. The number of rotatable bonds is 2. The summed E-state index contributed by atoms with van der Waals surface area (Å²) in [5.41, 5.74) is 0. The van der Waals surface area contributed by atoms with E-state index >= 15 is 0 Å². The fourth-order valence-electron chi connectivity index (χ4n) is 0.429. The molecular weight excluding hydrogens is 158 g/mol. The number of aromatic amines is 1. The topological polar surface area (TPSA) is 41.6 Å². The number of H-pyrrole nitrogens is 1. The second-order valence-electron chi connectivity index (χ2n) is 1.40. The van der Waals surface area contributed by atoms with Gasteiger partial charge in [0.2, 0.25) is 5.16 Å². The Hall–Kier alpha value is -0.220. The minimum Gasteiger partial charge on any atom is -0.261 e. The number of nitrogens with zero attached hydrogens (tertiary/aromatic N) is 2. The molecule has 0 amide bonds. The van der Waals surface area contributed by atoms with E-state index in [0.29, 0.717) is 5.88 Å². The average Bonchev–Trinajstić information content (AvgIpc) is 2.34. The van der Waals surface area contributed by atoms with Crippen LogP contribution in [0.5, 0.6) is 0 Å². The summed E-state index contributed by atoms with van der Waals surface area (Å²) >= 11 is 6.95. The van der Waals surface area contributed by atoms with E-state index in [2.05, 4.69) is 15.2 Å². The van der Waals surface area contributed by atoms with Crippen molar-refractivity contribution in [2.75, 3.05) is 6.26 Å². The molecular formula is C4H6ClN3S. The van der Waals surface area contributed by atoms with Gasteiger partial charge in [0.1, 0.15) is 5.82 Å². The van der Waals surface area contributed by atoms with Crippen molar-refractivity contribution in [2.24, 2.45) is 0 Å². The molecule has 1 heterocycles. The summed E-state index contributed by atoms with van der Waals surface area (Å²) in [6.07, 6.45) is 1.92. The zero-order valence-electron chi connectivity index (χ0n) is 4.89. The number of halogens is 1. The summed E-state index contributed by atoms with van der Waals surface area (Å²) in [7, 11) is 0. The number of alkyl halides is 1. The highest BCUT2D eigenvalue weighted by molar-refractivity contribution is 7.98. The third-order valence-electron chi connectivity index (χ3n) is 0.820. The molecule has 0 radical (unpaired) electrons. The molecule has 9 heavy (non-hydrogen) atoms. The van der Waals surface area contributed by atoms with Gasteiger partial charge in [0.25, 0.3) is 0 Å². The summed E-state index contributed by atoms with van der Waals surface area (Å²) in [6, 6.07) is 0. The van der Waals surface area contributed by atoms with E-state index < -0.39 is 0 Å². The Balaban J connectivity index is 2.74. The number of hydrogen-bond donors (Lipinski definition) is 1. The molecule has 3 nitrogen and oxygen atoms in total. The molecule has 0 aliphatic heterocycles. The van der Waals surface area contributed by atoms with Crippen molar-refractivity contribution in [1.82, 2.24) is 15.2 Å². The van der Waals surface area contributed by atoms with Crippen molar-refractivity contribution in [3.05, 3.63) is 5.82 Å². The summed E-state index contributed by atoms with van der Waals surface area (Å²) < 4.78 is 0. The zero-order valence-corrected chi connectivity index (χ0v) is 6.46. The van der Waals surface area contributed by atoms with Gasteiger partial charge in [0, 0.05) is 0 Å². The Morgan fingerprint density at radius 1 is 1.78 bits per heavy atom. The lowest BCUT2D eigenvalue weighted by Gasteiger charge is -1.78. The van der Waals surface area contributed by atoms with Crippen LogP contribution >= 0.6 is 23.4 Å². The number of thioether (sulfide) groups is 1. The predicted molar refractivity (Wildman–Crippen MR) is 37.7 cm³/mol. The van der Waals surface area contributed by atoms with Gasteiger partial charge in [-0.1, -0.05) is 11.8 Å². The highest BCUT2D eigenvalue weighted by atomic mass is 35.5. The van der Waals surface area contributed by atoms with Crippen LogP contribution in [0.3, 0.4) is 0 Å². The Kier molecular flexibility index (Phi) is 2.36. The van der Waals surface area contributed by atoms with Gasteiger partial charge in [0.05, 0.1) is 5.88 Å². The first-order valence-electron chi connectivity index (χ1n) is 2.38. The van der Waals surface area contributed by atoms with Gasteiger partial charge in [-0.15, -0.1) is 16.7 Å². The van der Waals surface area contributed by atoms with Gasteiger partial charge in [-0.25, -0.2) is 4.98 Å². The van der Waals surface area contributed by atoms with Gasteiger partial charge >= 0.3 is 0 Å². The molecule has 0 atom stereocenters. The van der Waals surface area contributed by atoms with E-state index in [9.17, 15) is 0 Å². The first kappa shape index (κ1) is 6.89. The standard InChI is InChI=1S/C4H6ClN3S/c1-9-4-6-3(2-5)7-8-4/h2H2,1H3,(H,6,7,8). The van der Waals surface area contributed by atoms with E-state index in [1.54, 1.807) is 0 Å². The van der Waals surface area contributed by atoms with Gasteiger partial charge in [0.15, 0.2) is 0 Å². The van der Waals surface area contributed by atoms with Crippen molar-refractivity contribution < 1.29 is 0 Å². The summed E-state index contributed by atoms with van der Waals surface area (Å²) in [6.45, 7) is 0. The minimum absolute atomic E-state index is 0.396. The van der Waals surface area contributed by atoms with Gasteiger partial charge in [-0.3, -0.25) is 5.10 Å². The molecule has 0 bridgehead atoms. The van der Waals surface area contributed by atoms with E-state index in [4.69, 9.17) is 11.6 Å². The Bertz CT molecular complexity index is 169. The first-order chi connectivity index (χ1) is 4.36. The number of aromatic nitrogens is 3. The molecule has 0 fully saturated rings. The predicted octanol–water partition coefficient (Wildman–Crippen LogP) is 1.27. The lowest BCUT2D eigenvalue weighted by Crippen LogP contribution is -1.78. The Labute approximate surface area is 62.2 Å². The van der Waals surface area contributed by atoms with Gasteiger partial charge in [-0.2, -0.15) is 0 Å². The molecule has 0 unspecified atom stereocenters. The molecule has 1 aromatic heterocycles. The highest BCUT2D eigenvalue weighted by Crippen LogP contribution is 2.07. The molecule has 0 saturated carbocycles. The van der Waals surface area contributed by atoms with Crippen LogP contribution in [0.25, 0.3) is 0 Å². The summed E-state index contributed by atoms with van der Waals surface area (Å²) in [4.78, 5) is 4.01. The van der Waals surface area contributed by atoms with E-state index in [1.807, 2.05) is 6.26 Å². The normalized spacial score (nSPS) is 10.0. The van der Waals surface area contributed by atoms with E-state index in [-0.39, 0.29) is 0 Å².